The summed E-state index contributed by atoms with van der Waals surface area (Å²) in [6, 6.07) is 11.9. The summed E-state index contributed by atoms with van der Waals surface area (Å²) in [6.45, 7) is 1.82. The molecule has 102 valence electrons. The van der Waals surface area contributed by atoms with Gasteiger partial charge in [-0.05, 0) is 36.2 Å². The lowest BCUT2D eigenvalue weighted by molar-refractivity contribution is -0.122. The SMILES string of the molecule is Cc1ccc(F)cc1NC(=O)[C@H]1Cc2ccccc2O1. The Balaban J connectivity index is 1.74. The zero-order valence-electron chi connectivity index (χ0n) is 11.0. The molecule has 0 spiro atoms. The Kier molecular flexibility index (Phi) is 3.14. The number of halogens is 1. The van der Waals surface area contributed by atoms with Gasteiger partial charge in [-0.15, -0.1) is 0 Å². The largest absolute Gasteiger partial charge is 0.480 e. The fourth-order valence-corrected chi connectivity index (χ4v) is 2.27. The highest BCUT2D eigenvalue weighted by Gasteiger charge is 2.28. The van der Waals surface area contributed by atoms with E-state index in [4.69, 9.17) is 4.74 Å². The third-order valence-electron chi connectivity index (χ3n) is 3.40. The van der Waals surface area contributed by atoms with Crippen LogP contribution >= 0.6 is 0 Å². The van der Waals surface area contributed by atoms with Gasteiger partial charge in [-0.25, -0.2) is 4.39 Å². The van der Waals surface area contributed by atoms with Gasteiger partial charge in [-0.1, -0.05) is 24.3 Å². The molecule has 0 unspecified atom stereocenters. The standard InChI is InChI=1S/C16H14FNO2/c1-10-6-7-12(17)9-13(10)18-16(19)15-8-11-4-2-3-5-14(11)20-15/h2-7,9,15H,8H2,1H3,(H,18,19)/t15-/m1/s1. The van der Waals surface area contributed by atoms with Gasteiger partial charge < -0.3 is 10.1 Å². The number of aryl methyl sites for hydroxylation is 1. The Bertz CT molecular complexity index is 644. The van der Waals surface area contributed by atoms with E-state index in [1.165, 1.54) is 12.1 Å². The van der Waals surface area contributed by atoms with Crippen molar-refractivity contribution in [3.05, 3.63) is 59.4 Å². The number of anilines is 1. The molecule has 0 saturated carbocycles. The second-order valence-corrected chi connectivity index (χ2v) is 4.87. The Labute approximate surface area is 116 Å². The van der Waals surface area contributed by atoms with E-state index in [-0.39, 0.29) is 11.7 Å². The number of ether oxygens (including phenoxy) is 1. The number of carbonyl (C=O) groups is 1. The Morgan fingerprint density at radius 3 is 2.90 bits per heavy atom. The van der Waals surface area contributed by atoms with Crippen LogP contribution in [0.3, 0.4) is 0 Å². The number of carbonyl (C=O) groups excluding carboxylic acids is 1. The van der Waals surface area contributed by atoms with Crippen LogP contribution in [0.2, 0.25) is 0 Å². The van der Waals surface area contributed by atoms with Crippen LogP contribution in [0.1, 0.15) is 11.1 Å². The van der Waals surface area contributed by atoms with Crippen LogP contribution in [0, 0.1) is 12.7 Å². The van der Waals surface area contributed by atoms with E-state index < -0.39 is 6.10 Å². The molecule has 0 fully saturated rings. The summed E-state index contributed by atoms with van der Waals surface area (Å²) < 4.78 is 18.8. The minimum absolute atomic E-state index is 0.255. The van der Waals surface area contributed by atoms with Crippen LogP contribution in [0.15, 0.2) is 42.5 Å². The summed E-state index contributed by atoms with van der Waals surface area (Å²) in [5, 5.41) is 2.72. The van der Waals surface area contributed by atoms with Gasteiger partial charge in [0.15, 0.2) is 6.10 Å². The van der Waals surface area contributed by atoms with Crippen molar-refractivity contribution in [3.63, 3.8) is 0 Å². The van der Waals surface area contributed by atoms with E-state index >= 15 is 0 Å². The monoisotopic (exact) mass is 271 g/mol. The van der Waals surface area contributed by atoms with Crippen molar-refractivity contribution in [2.24, 2.45) is 0 Å². The Morgan fingerprint density at radius 2 is 2.10 bits per heavy atom. The lowest BCUT2D eigenvalue weighted by Crippen LogP contribution is -2.31. The quantitative estimate of drug-likeness (QED) is 0.911. The van der Waals surface area contributed by atoms with Gasteiger partial charge >= 0.3 is 0 Å². The fourth-order valence-electron chi connectivity index (χ4n) is 2.27. The van der Waals surface area contributed by atoms with E-state index in [9.17, 15) is 9.18 Å². The second-order valence-electron chi connectivity index (χ2n) is 4.87. The highest BCUT2D eigenvalue weighted by atomic mass is 19.1. The third kappa shape index (κ3) is 2.37. The van der Waals surface area contributed by atoms with Crippen LogP contribution in [-0.4, -0.2) is 12.0 Å². The summed E-state index contributed by atoms with van der Waals surface area (Å²) in [5.74, 6) is 0.111. The molecule has 0 aliphatic carbocycles. The lowest BCUT2D eigenvalue weighted by Gasteiger charge is -2.13. The molecule has 20 heavy (non-hydrogen) atoms. The number of fused-ring (bicyclic) bond motifs is 1. The van der Waals surface area contributed by atoms with Crippen molar-refractivity contribution in [1.29, 1.82) is 0 Å². The number of amides is 1. The zero-order valence-corrected chi connectivity index (χ0v) is 11.0. The van der Waals surface area contributed by atoms with E-state index in [0.29, 0.717) is 12.1 Å². The molecule has 1 heterocycles. The van der Waals surface area contributed by atoms with E-state index in [2.05, 4.69) is 5.32 Å². The highest BCUT2D eigenvalue weighted by Crippen LogP contribution is 2.29. The maximum atomic E-state index is 13.2. The number of hydrogen-bond donors (Lipinski definition) is 1. The minimum Gasteiger partial charge on any atom is -0.480 e. The minimum atomic E-state index is -0.560. The molecule has 3 nitrogen and oxygen atoms in total. The molecular weight excluding hydrogens is 257 g/mol. The molecule has 0 saturated heterocycles. The molecule has 1 N–H and O–H groups in total. The molecule has 0 radical (unpaired) electrons. The van der Waals surface area contributed by atoms with Crippen molar-refractivity contribution in [3.8, 4) is 5.75 Å². The normalized spacial score (nSPS) is 16.4. The van der Waals surface area contributed by atoms with Gasteiger partial charge in [0.25, 0.3) is 5.91 Å². The molecule has 1 aliphatic heterocycles. The maximum absolute atomic E-state index is 13.2. The number of benzene rings is 2. The smallest absolute Gasteiger partial charge is 0.265 e. The first kappa shape index (κ1) is 12.7. The molecule has 2 aromatic carbocycles. The zero-order chi connectivity index (χ0) is 14.1. The van der Waals surface area contributed by atoms with Crippen molar-refractivity contribution in [2.75, 3.05) is 5.32 Å². The molecule has 4 heteroatoms. The van der Waals surface area contributed by atoms with Crippen LogP contribution in [0.25, 0.3) is 0 Å². The number of hydrogen-bond acceptors (Lipinski definition) is 2. The van der Waals surface area contributed by atoms with Crippen molar-refractivity contribution in [1.82, 2.24) is 0 Å². The summed E-state index contributed by atoms with van der Waals surface area (Å²) in [7, 11) is 0. The predicted octanol–water partition coefficient (Wildman–Crippen LogP) is 3.08. The van der Waals surface area contributed by atoms with Crippen LogP contribution in [-0.2, 0) is 11.2 Å². The molecule has 0 aromatic heterocycles. The molecule has 3 rings (SSSR count). The van der Waals surface area contributed by atoms with Gasteiger partial charge in [0.2, 0.25) is 0 Å². The summed E-state index contributed by atoms with van der Waals surface area (Å²) in [6.07, 6.45) is -0.0221. The van der Waals surface area contributed by atoms with Gasteiger partial charge in [-0.2, -0.15) is 0 Å². The first-order valence-electron chi connectivity index (χ1n) is 6.45. The summed E-state index contributed by atoms with van der Waals surface area (Å²) >= 11 is 0. The maximum Gasteiger partial charge on any atom is 0.265 e. The van der Waals surface area contributed by atoms with Crippen molar-refractivity contribution in [2.45, 2.75) is 19.4 Å². The number of para-hydroxylation sites is 1. The molecule has 1 aliphatic rings. The molecule has 1 amide bonds. The van der Waals surface area contributed by atoms with Crippen molar-refractivity contribution < 1.29 is 13.9 Å². The highest BCUT2D eigenvalue weighted by molar-refractivity contribution is 5.95. The summed E-state index contributed by atoms with van der Waals surface area (Å²) in [5.41, 5.74) is 2.31. The Hall–Kier alpha value is -2.36. The number of rotatable bonds is 2. The molecular formula is C16H14FNO2. The topological polar surface area (TPSA) is 38.3 Å². The number of nitrogens with one attached hydrogen (secondary N) is 1. The van der Waals surface area contributed by atoms with Gasteiger partial charge in [0.1, 0.15) is 11.6 Å². The molecule has 0 bridgehead atoms. The summed E-state index contributed by atoms with van der Waals surface area (Å²) in [4.78, 5) is 12.2. The van der Waals surface area contributed by atoms with Gasteiger partial charge in [-0.3, -0.25) is 4.79 Å². The van der Waals surface area contributed by atoms with Crippen LogP contribution in [0.4, 0.5) is 10.1 Å². The van der Waals surface area contributed by atoms with E-state index in [0.717, 1.165) is 16.9 Å². The first-order chi connectivity index (χ1) is 9.63. The molecule has 1 atom stereocenters. The second kappa shape index (κ2) is 4.96. The van der Waals surface area contributed by atoms with Crippen LogP contribution < -0.4 is 10.1 Å². The van der Waals surface area contributed by atoms with Crippen molar-refractivity contribution >= 4 is 11.6 Å². The fraction of sp³-hybridized carbons (Fsp3) is 0.188. The average molecular weight is 271 g/mol. The predicted molar refractivity (Wildman–Crippen MR) is 74.3 cm³/mol. The van der Waals surface area contributed by atoms with Crippen LogP contribution in [0.5, 0.6) is 5.75 Å². The third-order valence-corrected chi connectivity index (χ3v) is 3.40. The Morgan fingerprint density at radius 1 is 1.30 bits per heavy atom. The average Bonchev–Trinajstić information content (AvgIpc) is 2.87. The lowest BCUT2D eigenvalue weighted by atomic mass is 10.1. The molecule has 2 aromatic rings. The first-order valence-corrected chi connectivity index (χ1v) is 6.45. The van der Waals surface area contributed by atoms with Gasteiger partial charge in [0.05, 0.1) is 0 Å². The van der Waals surface area contributed by atoms with Gasteiger partial charge in [0, 0.05) is 12.1 Å². The van der Waals surface area contributed by atoms with E-state index in [1.807, 2.05) is 31.2 Å². The van der Waals surface area contributed by atoms with E-state index in [1.54, 1.807) is 6.07 Å².